The number of nitrogens with zero attached hydrogens (tertiary/aromatic N) is 2. The van der Waals surface area contributed by atoms with Gasteiger partial charge in [0.2, 0.25) is 11.7 Å². The molecule has 0 aliphatic rings. The van der Waals surface area contributed by atoms with Crippen LogP contribution >= 0.6 is 0 Å². The van der Waals surface area contributed by atoms with Crippen LogP contribution in [-0.4, -0.2) is 31.3 Å². The first-order valence-electron chi connectivity index (χ1n) is 8.26. The number of nitrogens with one attached hydrogen (secondary N) is 2. The van der Waals surface area contributed by atoms with E-state index >= 15 is 0 Å². The van der Waals surface area contributed by atoms with Crippen molar-refractivity contribution in [2.24, 2.45) is 0 Å². The Bertz CT molecular complexity index is 1010. The molecule has 7 nitrogen and oxygen atoms in total. The van der Waals surface area contributed by atoms with Crippen LogP contribution in [0.1, 0.15) is 0 Å². The molecule has 0 aliphatic carbocycles. The first-order chi connectivity index (χ1) is 13.9. The van der Waals surface area contributed by atoms with E-state index in [1.54, 1.807) is 12.1 Å². The van der Waals surface area contributed by atoms with Gasteiger partial charge in [-0.2, -0.15) is 4.98 Å². The van der Waals surface area contributed by atoms with Gasteiger partial charge in [0.15, 0.2) is 34.8 Å². The Balaban J connectivity index is 1.89. The predicted molar refractivity (Wildman–Crippen MR) is 101 cm³/mol. The Morgan fingerprint density at radius 3 is 2.03 bits per heavy atom. The fourth-order valence-electron chi connectivity index (χ4n) is 2.51. The minimum Gasteiger partial charge on any atom is -0.493 e. The molecule has 0 spiro atoms. The molecule has 2 aromatic carbocycles. The zero-order valence-corrected chi connectivity index (χ0v) is 15.7. The summed E-state index contributed by atoms with van der Waals surface area (Å²) in [5.74, 6) is -1.82. The van der Waals surface area contributed by atoms with E-state index < -0.39 is 17.5 Å². The van der Waals surface area contributed by atoms with Crippen LogP contribution in [-0.2, 0) is 0 Å². The summed E-state index contributed by atoms with van der Waals surface area (Å²) < 4.78 is 56.3. The Kier molecular flexibility index (Phi) is 5.91. The Hall–Kier alpha value is -3.69. The van der Waals surface area contributed by atoms with Crippen LogP contribution in [0, 0.1) is 17.5 Å². The Morgan fingerprint density at radius 2 is 1.45 bits per heavy atom. The quantitative estimate of drug-likeness (QED) is 0.602. The molecule has 152 valence electrons. The SMILES string of the molecule is COc1cc(Nc2ncc(F)c(Nc3ccc(F)c(F)c3)n2)cc(OC)c1OC. The zero-order valence-electron chi connectivity index (χ0n) is 15.7. The number of anilines is 4. The third-order valence-electron chi connectivity index (χ3n) is 3.85. The van der Waals surface area contributed by atoms with Gasteiger partial charge in [-0.25, -0.2) is 18.2 Å². The number of aromatic nitrogens is 2. The summed E-state index contributed by atoms with van der Waals surface area (Å²) in [4.78, 5) is 7.91. The summed E-state index contributed by atoms with van der Waals surface area (Å²) in [5, 5.41) is 5.49. The van der Waals surface area contributed by atoms with Crippen molar-refractivity contribution < 1.29 is 27.4 Å². The summed E-state index contributed by atoms with van der Waals surface area (Å²) in [6.07, 6.45) is 0.940. The molecule has 29 heavy (non-hydrogen) atoms. The molecule has 0 radical (unpaired) electrons. The molecule has 3 aromatic rings. The minimum atomic E-state index is -1.07. The molecule has 0 bridgehead atoms. The van der Waals surface area contributed by atoms with E-state index in [2.05, 4.69) is 20.6 Å². The lowest BCUT2D eigenvalue weighted by Crippen LogP contribution is -2.04. The molecule has 1 heterocycles. The molecular formula is C19H17F3N4O3. The fourth-order valence-corrected chi connectivity index (χ4v) is 2.51. The molecule has 0 aliphatic heterocycles. The highest BCUT2D eigenvalue weighted by Gasteiger charge is 2.15. The van der Waals surface area contributed by atoms with Gasteiger partial charge in [0.25, 0.3) is 0 Å². The second kappa shape index (κ2) is 8.55. The van der Waals surface area contributed by atoms with Gasteiger partial charge in [-0.1, -0.05) is 0 Å². The molecule has 0 saturated heterocycles. The van der Waals surface area contributed by atoms with Gasteiger partial charge < -0.3 is 24.8 Å². The summed E-state index contributed by atoms with van der Waals surface area (Å²) in [6.45, 7) is 0. The third-order valence-corrected chi connectivity index (χ3v) is 3.85. The maximum atomic E-state index is 14.1. The van der Waals surface area contributed by atoms with Crippen LogP contribution in [0.3, 0.4) is 0 Å². The van der Waals surface area contributed by atoms with Crippen LogP contribution in [0.5, 0.6) is 17.2 Å². The first-order valence-corrected chi connectivity index (χ1v) is 8.26. The van der Waals surface area contributed by atoms with Crippen LogP contribution < -0.4 is 24.8 Å². The minimum absolute atomic E-state index is 0.0470. The lowest BCUT2D eigenvalue weighted by Gasteiger charge is -2.15. The summed E-state index contributed by atoms with van der Waals surface area (Å²) >= 11 is 0. The number of benzene rings is 2. The standard InChI is InChI=1S/C19H17F3N4O3/c1-27-15-7-11(8-16(28-2)17(15)29-3)25-19-23-9-14(22)18(26-19)24-10-4-5-12(20)13(21)6-10/h4-9H,1-3H3,(H2,23,24,25,26). The van der Waals surface area contributed by atoms with Crippen molar-refractivity contribution in [2.75, 3.05) is 32.0 Å². The molecule has 1 aromatic heterocycles. The Morgan fingerprint density at radius 1 is 0.759 bits per heavy atom. The number of halogens is 3. The number of methoxy groups -OCH3 is 3. The number of hydrogen-bond donors (Lipinski definition) is 2. The summed E-state index contributed by atoms with van der Waals surface area (Å²) in [6, 6.07) is 6.31. The van der Waals surface area contributed by atoms with Gasteiger partial charge in [0.05, 0.1) is 27.5 Å². The molecular weight excluding hydrogens is 389 g/mol. The van der Waals surface area contributed by atoms with E-state index in [1.807, 2.05) is 0 Å². The number of rotatable bonds is 7. The van der Waals surface area contributed by atoms with E-state index in [4.69, 9.17) is 14.2 Å². The molecule has 0 amide bonds. The fraction of sp³-hybridized carbons (Fsp3) is 0.158. The average molecular weight is 406 g/mol. The van der Waals surface area contributed by atoms with Gasteiger partial charge >= 0.3 is 0 Å². The van der Waals surface area contributed by atoms with Crippen LogP contribution in [0.15, 0.2) is 36.5 Å². The van der Waals surface area contributed by atoms with Gasteiger partial charge in [0, 0.05) is 29.6 Å². The highest BCUT2D eigenvalue weighted by atomic mass is 19.2. The molecule has 0 atom stereocenters. The summed E-state index contributed by atoms with van der Waals surface area (Å²) in [5.41, 5.74) is 0.616. The lowest BCUT2D eigenvalue weighted by molar-refractivity contribution is 0.324. The largest absolute Gasteiger partial charge is 0.493 e. The normalized spacial score (nSPS) is 10.4. The van der Waals surface area contributed by atoms with Crippen molar-refractivity contribution in [3.05, 3.63) is 54.0 Å². The van der Waals surface area contributed by atoms with Crippen molar-refractivity contribution in [2.45, 2.75) is 0 Å². The van der Waals surface area contributed by atoms with E-state index in [1.165, 1.54) is 27.4 Å². The maximum Gasteiger partial charge on any atom is 0.229 e. The zero-order chi connectivity index (χ0) is 21.0. The second-order valence-corrected chi connectivity index (χ2v) is 5.68. The lowest BCUT2D eigenvalue weighted by atomic mass is 10.2. The number of ether oxygens (including phenoxy) is 3. The van der Waals surface area contributed by atoms with Crippen molar-refractivity contribution in [3.8, 4) is 17.2 Å². The van der Waals surface area contributed by atoms with E-state index in [9.17, 15) is 13.2 Å². The van der Waals surface area contributed by atoms with Crippen LogP contribution in [0.4, 0.5) is 36.3 Å². The monoisotopic (exact) mass is 406 g/mol. The maximum absolute atomic E-state index is 14.1. The van der Waals surface area contributed by atoms with Gasteiger partial charge in [0.1, 0.15) is 0 Å². The topological polar surface area (TPSA) is 77.5 Å². The molecule has 3 rings (SSSR count). The first kappa shape index (κ1) is 20.1. The Labute approximate surface area is 164 Å². The van der Waals surface area contributed by atoms with Crippen LogP contribution in [0.25, 0.3) is 0 Å². The van der Waals surface area contributed by atoms with E-state index in [0.717, 1.165) is 18.3 Å². The highest BCUT2D eigenvalue weighted by molar-refractivity contribution is 5.66. The number of hydrogen-bond acceptors (Lipinski definition) is 7. The van der Waals surface area contributed by atoms with Gasteiger partial charge in [-0.3, -0.25) is 0 Å². The average Bonchev–Trinajstić information content (AvgIpc) is 2.72. The van der Waals surface area contributed by atoms with E-state index in [0.29, 0.717) is 22.9 Å². The molecule has 2 N–H and O–H groups in total. The van der Waals surface area contributed by atoms with E-state index in [-0.39, 0.29) is 17.5 Å². The summed E-state index contributed by atoms with van der Waals surface area (Å²) in [7, 11) is 4.42. The second-order valence-electron chi connectivity index (χ2n) is 5.68. The third kappa shape index (κ3) is 4.42. The van der Waals surface area contributed by atoms with Gasteiger partial charge in [-0.15, -0.1) is 0 Å². The van der Waals surface area contributed by atoms with Crippen molar-refractivity contribution in [1.29, 1.82) is 0 Å². The molecule has 0 unspecified atom stereocenters. The van der Waals surface area contributed by atoms with Crippen molar-refractivity contribution >= 4 is 23.1 Å². The smallest absolute Gasteiger partial charge is 0.229 e. The van der Waals surface area contributed by atoms with Crippen molar-refractivity contribution in [1.82, 2.24) is 9.97 Å². The molecule has 0 fully saturated rings. The highest BCUT2D eigenvalue weighted by Crippen LogP contribution is 2.40. The van der Waals surface area contributed by atoms with Crippen molar-refractivity contribution in [3.63, 3.8) is 0 Å². The molecule has 10 heteroatoms. The van der Waals surface area contributed by atoms with Crippen LogP contribution in [0.2, 0.25) is 0 Å². The van der Waals surface area contributed by atoms with Gasteiger partial charge in [-0.05, 0) is 12.1 Å². The molecule has 0 saturated carbocycles. The predicted octanol–water partition coefficient (Wildman–Crippen LogP) is 4.41.